The van der Waals surface area contributed by atoms with Crippen molar-refractivity contribution in [3.63, 3.8) is 0 Å². The molecule has 1 N–H and O–H groups in total. The lowest BCUT2D eigenvalue weighted by Crippen LogP contribution is -2.57. The molecule has 3 aliphatic heterocycles. The number of nitrogens with zero attached hydrogens (tertiary/aromatic N) is 3. The Morgan fingerprint density at radius 2 is 1.67 bits per heavy atom. The van der Waals surface area contributed by atoms with E-state index in [1.165, 1.54) is 0 Å². The molecule has 3 saturated heterocycles. The van der Waals surface area contributed by atoms with Gasteiger partial charge in [0, 0.05) is 42.4 Å². The van der Waals surface area contributed by atoms with Gasteiger partial charge in [-0.1, -0.05) is 64.5 Å². The molecule has 43 heavy (non-hydrogen) atoms. The monoisotopic (exact) mass is 649 g/mol. The lowest BCUT2D eigenvalue weighted by molar-refractivity contribution is -0.140. The minimum Gasteiger partial charge on any atom is -0.396 e. The Bertz CT molecular complexity index is 1380. The molecule has 3 heterocycles. The average molecular weight is 651 g/mol. The summed E-state index contributed by atoms with van der Waals surface area (Å²) >= 11 is 3.78. The van der Waals surface area contributed by atoms with Crippen molar-refractivity contribution < 1.29 is 24.2 Å². The van der Waals surface area contributed by atoms with Gasteiger partial charge in [-0.05, 0) is 56.4 Å². The van der Waals surface area contributed by atoms with Gasteiger partial charge in [0.25, 0.3) is 5.91 Å². The Hall–Kier alpha value is -3.27. The summed E-state index contributed by atoms with van der Waals surface area (Å²) in [6.45, 7) is 12.5. The van der Waals surface area contributed by atoms with Gasteiger partial charge in [0.1, 0.15) is 11.6 Å². The van der Waals surface area contributed by atoms with E-state index in [1.807, 2.05) is 62.4 Å². The number of aliphatic hydroxyl groups excluding tert-OH is 1. The van der Waals surface area contributed by atoms with Crippen molar-refractivity contribution in [1.29, 1.82) is 0 Å². The predicted octanol–water partition coefficient (Wildman–Crippen LogP) is 4.56. The van der Waals surface area contributed by atoms with Crippen molar-refractivity contribution in [2.45, 2.75) is 55.7 Å². The van der Waals surface area contributed by atoms with Crippen molar-refractivity contribution in [3.05, 3.63) is 85.0 Å². The molecule has 3 amide bonds. The van der Waals surface area contributed by atoms with Gasteiger partial charge in [0.05, 0.1) is 17.9 Å². The molecule has 0 aromatic heterocycles. The highest BCUT2D eigenvalue weighted by Gasteiger charge is 2.77. The first kappa shape index (κ1) is 31.2. The van der Waals surface area contributed by atoms with Gasteiger partial charge in [-0.25, -0.2) is 0 Å². The first-order valence-electron chi connectivity index (χ1n) is 14.9. The SMILES string of the molecule is C=CCN(C(=O)[C@H]1[C@H]2C(=O)N(CCCCO)C(C(=O)N(CC=C)c3c(C)cccc3C)C23CC(Br)[C@@H]1O3)c1ccccc1. The minimum absolute atomic E-state index is 0.0169. The Morgan fingerprint density at radius 3 is 2.30 bits per heavy atom. The molecule has 3 aliphatic rings. The Balaban J connectivity index is 1.60. The van der Waals surface area contributed by atoms with Crippen molar-refractivity contribution in [1.82, 2.24) is 4.90 Å². The zero-order valence-corrected chi connectivity index (χ0v) is 26.4. The first-order chi connectivity index (χ1) is 20.7. The van der Waals surface area contributed by atoms with Crippen LogP contribution in [-0.2, 0) is 19.1 Å². The van der Waals surface area contributed by atoms with E-state index in [-0.39, 0.29) is 48.8 Å². The van der Waals surface area contributed by atoms with Crippen LogP contribution in [0, 0.1) is 25.7 Å². The molecule has 6 atom stereocenters. The van der Waals surface area contributed by atoms with Gasteiger partial charge < -0.3 is 24.5 Å². The molecule has 228 valence electrons. The zero-order chi connectivity index (χ0) is 30.9. The summed E-state index contributed by atoms with van der Waals surface area (Å²) in [5.74, 6) is -2.32. The number of alkyl halides is 1. The van der Waals surface area contributed by atoms with Gasteiger partial charge >= 0.3 is 0 Å². The fraction of sp³-hybridized carbons (Fsp3) is 0.441. The summed E-state index contributed by atoms with van der Waals surface area (Å²) < 4.78 is 6.75. The number of rotatable bonds is 12. The predicted molar refractivity (Wildman–Crippen MR) is 171 cm³/mol. The van der Waals surface area contributed by atoms with Crippen LogP contribution in [-0.4, -0.2) is 76.5 Å². The number of aliphatic hydroxyl groups is 1. The number of aryl methyl sites for hydroxylation is 2. The number of para-hydroxylation sites is 2. The van der Waals surface area contributed by atoms with Crippen LogP contribution in [0.15, 0.2) is 73.8 Å². The number of ether oxygens (including phenoxy) is 1. The van der Waals surface area contributed by atoms with Crippen molar-refractivity contribution in [2.24, 2.45) is 11.8 Å². The summed E-state index contributed by atoms with van der Waals surface area (Å²) in [7, 11) is 0. The zero-order valence-electron chi connectivity index (χ0n) is 24.8. The summed E-state index contributed by atoms with van der Waals surface area (Å²) in [5, 5.41) is 9.50. The van der Waals surface area contributed by atoms with Crippen LogP contribution in [0.1, 0.15) is 30.4 Å². The topological polar surface area (TPSA) is 90.4 Å². The number of fused-ring (bicyclic) bond motifs is 1. The number of carbonyl (C=O) groups excluding carboxylic acids is 3. The lowest BCUT2D eigenvalue weighted by Gasteiger charge is -2.38. The van der Waals surface area contributed by atoms with Crippen LogP contribution in [0.2, 0.25) is 0 Å². The van der Waals surface area contributed by atoms with E-state index >= 15 is 0 Å². The van der Waals surface area contributed by atoms with Gasteiger partial charge in [0.15, 0.2) is 0 Å². The molecular weight excluding hydrogens is 610 g/mol. The number of halogens is 1. The summed E-state index contributed by atoms with van der Waals surface area (Å²) in [4.78, 5) is 48.4. The van der Waals surface area contributed by atoms with Gasteiger partial charge in [-0.3, -0.25) is 14.4 Å². The molecule has 2 aromatic carbocycles. The Labute approximate surface area is 262 Å². The second-order valence-electron chi connectivity index (χ2n) is 11.7. The van der Waals surface area contributed by atoms with Crippen molar-refractivity contribution in [2.75, 3.05) is 36.0 Å². The van der Waals surface area contributed by atoms with Crippen LogP contribution in [0.4, 0.5) is 11.4 Å². The number of amides is 3. The van der Waals surface area contributed by atoms with Crippen molar-refractivity contribution in [3.8, 4) is 0 Å². The number of benzene rings is 2. The maximum atomic E-state index is 14.8. The Morgan fingerprint density at radius 1 is 1.02 bits per heavy atom. The molecular formula is C34H40BrN3O5. The fourth-order valence-electron chi connectivity index (χ4n) is 7.36. The molecule has 0 saturated carbocycles. The summed E-state index contributed by atoms with van der Waals surface area (Å²) in [5.41, 5.74) is 2.18. The van der Waals surface area contributed by atoms with Crippen LogP contribution in [0.5, 0.6) is 0 Å². The minimum atomic E-state index is -1.18. The van der Waals surface area contributed by atoms with E-state index in [0.717, 1.165) is 16.8 Å². The maximum Gasteiger partial charge on any atom is 0.253 e. The highest BCUT2D eigenvalue weighted by atomic mass is 79.9. The molecule has 9 heteroatoms. The van der Waals surface area contributed by atoms with Gasteiger partial charge in [-0.2, -0.15) is 0 Å². The smallest absolute Gasteiger partial charge is 0.253 e. The van der Waals surface area contributed by atoms with Crippen LogP contribution >= 0.6 is 15.9 Å². The van der Waals surface area contributed by atoms with E-state index in [1.54, 1.807) is 26.9 Å². The number of anilines is 2. The summed E-state index contributed by atoms with van der Waals surface area (Å²) in [6, 6.07) is 14.3. The third-order valence-electron chi connectivity index (χ3n) is 9.05. The lowest BCUT2D eigenvalue weighted by atomic mass is 9.70. The second kappa shape index (κ2) is 12.8. The van der Waals surface area contributed by atoms with Gasteiger partial charge in [-0.15, -0.1) is 13.2 Å². The van der Waals surface area contributed by atoms with E-state index in [9.17, 15) is 19.5 Å². The molecule has 3 unspecified atom stereocenters. The number of hydrogen-bond donors (Lipinski definition) is 1. The first-order valence-corrected chi connectivity index (χ1v) is 15.8. The van der Waals surface area contributed by atoms with Crippen LogP contribution in [0.25, 0.3) is 0 Å². The van der Waals surface area contributed by atoms with Crippen LogP contribution in [0.3, 0.4) is 0 Å². The highest BCUT2D eigenvalue weighted by Crippen LogP contribution is 2.60. The maximum absolute atomic E-state index is 14.8. The number of hydrogen-bond acceptors (Lipinski definition) is 5. The highest BCUT2D eigenvalue weighted by molar-refractivity contribution is 9.09. The van der Waals surface area contributed by atoms with Crippen molar-refractivity contribution >= 4 is 45.0 Å². The quantitative estimate of drug-likeness (QED) is 0.207. The molecule has 2 aromatic rings. The number of unbranched alkanes of at least 4 members (excludes halogenated alkanes) is 1. The van der Waals surface area contributed by atoms with E-state index in [4.69, 9.17) is 4.74 Å². The standard InChI is InChI=1S/C34H40BrN3O5/c1-5-17-36(24-15-8-7-9-16-24)31(40)26-27-32(41)38(19-10-11-20-39)30(34(27)21-25(35)29(26)43-34)33(42)37(18-6-2)28-22(3)13-12-14-23(28)4/h5-9,12-16,25-27,29-30,39H,1-2,10-11,17-21H2,3-4H3/t25?,26-,27-,29-,30?,34?/m0/s1. The Kier molecular flexibility index (Phi) is 9.25. The fourth-order valence-corrected chi connectivity index (χ4v) is 8.31. The van der Waals surface area contributed by atoms with E-state index in [2.05, 4.69) is 29.1 Å². The van der Waals surface area contributed by atoms with E-state index < -0.39 is 29.6 Å². The number of likely N-dealkylation sites (tertiary alicyclic amines) is 1. The molecule has 3 fully saturated rings. The summed E-state index contributed by atoms with van der Waals surface area (Å²) in [6.07, 6.45) is 4.22. The third kappa shape index (κ3) is 5.25. The third-order valence-corrected chi connectivity index (χ3v) is 9.89. The van der Waals surface area contributed by atoms with E-state index in [0.29, 0.717) is 24.9 Å². The molecule has 0 aliphatic carbocycles. The van der Waals surface area contributed by atoms with Gasteiger partial charge in [0.2, 0.25) is 11.8 Å². The number of carbonyl (C=O) groups is 3. The molecule has 5 rings (SSSR count). The average Bonchev–Trinajstić information content (AvgIpc) is 3.58. The molecule has 8 nitrogen and oxygen atoms in total. The molecule has 0 radical (unpaired) electrons. The normalized spacial score (nSPS) is 27.2. The molecule has 1 spiro atoms. The second-order valence-corrected chi connectivity index (χ2v) is 12.9. The molecule has 2 bridgehead atoms. The van der Waals surface area contributed by atoms with Crippen LogP contribution < -0.4 is 9.80 Å². The largest absolute Gasteiger partial charge is 0.396 e.